The van der Waals surface area contributed by atoms with Gasteiger partial charge in [0.15, 0.2) is 5.13 Å². The zero-order valence-electron chi connectivity index (χ0n) is 20.2. The molecule has 186 valence electrons. The Morgan fingerprint density at radius 3 is 2.68 bits per heavy atom. The highest BCUT2D eigenvalue weighted by Crippen LogP contribution is 2.45. The van der Waals surface area contributed by atoms with Crippen LogP contribution in [0.4, 0.5) is 9.52 Å². The highest BCUT2D eigenvalue weighted by molar-refractivity contribution is 7.22. The molecule has 2 atom stereocenters. The Balaban J connectivity index is 1.53. The van der Waals surface area contributed by atoms with Crippen LogP contribution in [0.15, 0.2) is 66.2 Å². The zero-order chi connectivity index (χ0) is 25.8. The molecule has 0 saturated carbocycles. The second kappa shape index (κ2) is 8.81. The van der Waals surface area contributed by atoms with E-state index in [4.69, 9.17) is 4.74 Å². The third-order valence-corrected chi connectivity index (χ3v) is 7.88. The lowest BCUT2D eigenvalue weighted by Gasteiger charge is -2.23. The van der Waals surface area contributed by atoms with Crippen molar-refractivity contribution in [2.45, 2.75) is 38.8 Å². The average Bonchev–Trinajstić information content (AvgIpc) is 3.55. The molecule has 0 aliphatic carbocycles. The Bertz CT molecular complexity index is 1610. The molecule has 4 aromatic rings. The highest BCUT2D eigenvalue weighted by atomic mass is 32.1. The summed E-state index contributed by atoms with van der Waals surface area (Å²) in [4.78, 5) is 32.7. The van der Waals surface area contributed by atoms with E-state index in [9.17, 15) is 19.1 Å². The maximum atomic E-state index is 13.8. The molecule has 0 spiro atoms. The van der Waals surface area contributed by atoms with Crippen molar-refractivity contribution in [3.05, 3.63) is 94.3 Å². The smallest absolute Gasteiger partial charge is 0.301 e. The summed E-state index contributed by atoms with van der Waals surface area (Å²) in [6.07, 6.45) is 1.55. The number of halogens is 1. The maximum absolute atomic E-state index is 13.8. The predicted octanol–water partition coefficient (Wildman–Crippen LogP) is 5.95. The molecule has 2 aliphatic heterocycles. The number of aliphatic hydroxyl groups excluding tert-OH is 1. The van der Waals surface area contributed by atoms with Gasteiger partial charge in [-0.05, 0) is 66.4 Å². The second-order valence-corrected chi connectivity index (χ2v) is 10.3. The molecule has 1 saturated heterocycles. The van der Waals surface area contributed by atoms with Crippen LogP contribution in [0.5, 0.6) is 5.75 Å². The first-order chi connectivity index (χ1) is 17.8. The molecule has 0 radical (unpaired) electrons. The number of ether oxygens (including phenoxy) is 1. The van der Waals surface area contributed by atoms with Gasteiger partial charge in [-0.2, -0.15) is 0 Å². The third-order valence-electron chi connectivity index (χ3n) is 6.86. The first kappa shape index (κ1) is 23.4. The van der Waals surface area contributed by atoms with Gasteiger partial charge in [0.05, 0.1) is 21.8 Å². The lowest BCUT2D eigenvalue weighted by atomic mass is 9.94. The van der Waals surface area contributed by atoms with Gasteiger partial charge in [0, 0.05) is 12.0 Å². The maximum Gasteiger partial charge on any atom is 0.301 e. The summed E-state index contributed by atoms with van der Waals surface area (Å²) in [5.41, 5.74) is 3.66. The first-order valence-electron chi connectivity index (χ1n) is 12.1. The fraction of sp³-hybridized carbons (Fsp3) is 0.207. The summed E-state index contributed by atoms with van der Waals surface area (Å²) < 4.78 is 20.2. The Morgan fingerprint density at radius 2 is 1.92 bits per heavy atom. The number of anilines is 1. The van der Waals surface area contributed by atoms with E-state index < -0.39 is 23.5 Å². The normalized spacial score (nSPS) is 20.5. The molecule has 2 aliphatic rings. The molecule has 8 heteroatoms. The number of carbonyl (C=O) groups is 2. The summed E-state index contributed by atoms with van der Waals surface area (Å²) in [7, 11) is 0. The van der Waals surface area contributed by atoms with Crippen molar-refractivity contribution in [2.75, 3.05) is 4.90 Å². The van der Waals surface area contributed by atoms with Gasteiger partial charge in [-0.3, -0.25) is 14.5 Å². The van der Waals surface area contributed by atoms with Crippen molar-refractivity contribution >= 4 is 44.1 Å². The van der Waals surface area contributed by atoms with Crippen LogP contribution in [-0.2, 0) is 22.4 Å². The molecule has 1 amide bonds. The molecular weight excluding hydrogens is 491 g/mol. The largest absolute Gasteiger partial charge is 0.507 e. The molecule has 1 fully saturated rings. The molecule has 3 heterocycles. The Labute approximate surface area is 216 Å². The van der Waals surface area contributed by atoms with E-state index in [0.717, 1.165) is 34.6 Å². The molecule has 37 heavy (non-hydrogen) atoms. The van der Waals surface area contributed by atoms with Crippen molar-refractivity contribution in [1.82, 2.24) is 4.98 Å². The molecule has 6 rings (SSSR count). The van der Waals surface area contributed by atoms with Crippen molar-refractivity contribution in [3.8, 4) is 5.75 Å². The third kappa shape index (κ3) is 3.88. The SMILES string of the molecule is CCc1ccc([C@@H]2/C(=C(\O)c3ccc4c(c3)C[C@H](C)O4)C(=O)C(=O)N2c2nc3ccc(F)cc3s2)cc1. The molecular formula is C29H23FN2O4S. The van der Waals surface area contributed by atoms with Crippen LogP contribution in [0, 0.1) is 5.82 Å². The number of aryl methyl sites for hydroxylation is 1. The van der Waals surface area contributed by atoms with Crippen molar-refractivity contribution in [3.63, 3.8) is 0 Å². The van der Waals surface area contributed by atoms with Gasteiger partial charge in [0.25, 0.3) is 5.78 Å². The number of hydrogen-bond donors (Lipinski definition) is 1. The van der Waals surface area contributed by atoms with Gasteiger partial charge >= 0.3 is 5.91 Å². The number of ketones is 1. The van der Waals surface area contributed by atoms with Gasteiger partial charge in [-0.15, -0.1) is 0 Å². The Hall–Kier alpha value is -4.04. The minimum atomic E-state index is -0.889. The van der Waals surface area contributed by atoms with Crippen molar-refractivity contribution in [1.29, 1.82) is 0 Å². The number of carbonyl (C=O) groups excluding carboxylic acids is 2. The number of thiazole rings is 1. The standard InChI is InChI=1S/C29H23FN2O4S/c1-3-16-4-6-17(7-5-16)25-24(26(33)18-8-11-22-19(13-18)12-15(2)36-22)27(34)28(35)32(25)29-31-21-10-9-20(30)14-23(21)37-29/h4-11,13-15,25,33H,3,12H2,1-2H3/b26-24+/t15-,25+/m0/s1. The zero-order valence-corrected chi connectivity index (χ0v) is 21.0. The van der Waals surface area contributed by atoms with E-state index in [2.05, 4.69) is 4.98 Å². The van der Waals surface area contributed by atoms with Crippen LogP contribution in [0.25, 0.3) is 16.0 Å². The van der Waals surface area contributed by atoms with Gasteiger partial charge in [-0.1, -0.05) is 42.5 Å². The Morgan fingerprint density at radius 1 is 1.14 bits per heavy atom. The number of aliphatic hydroxyl groups is 1. The van der Waals surface area contributed by atoms with Crippen LogP contribution >= 0.6 is 11.3 Å². The first-order valence-corrected chi connectivity index (χ1v) is 12.9. The second-order valence-electron chi connectivity index (χ2n) is 9.33. The van der Waals surface area contributed by atoms with Crippen LogP contribution < -0.4 is 9.64 Å². The summed E-state index contributed by atoms with van der Waals surface area (Å²) in [6, 6.07) is 16.2. The molecule has 1 aromatic heterocycles. The molecule has 0 unspecified atom stereocenters. The van der Waals surface area contributed by atoms with Crippen LogP contribution in [0.1, 0.15) is 42.1 Å². The lowest BCUT2D eigenvalue weighted by Crippen LogP contribution is -2.29. The van der Waals surface area contributed by atoms with Gasteiger partial charge in [0.1, 0.15) is 23.4 Å². The average molecular weight is 515 g/mol. The highest BCUT2D eigenvalue weighted by Gasteiger charge is 2.48. The van der Waals surface area contributed by atoms with Crippen molar-refractivity contribution in [2.24, 2.45) is 0 Å². The van der Waals surface area contributed by atoms with Crippen molar-refractivity contribution < 1.29 is 23.8 Å². The van der Waals surface area contributed by atoms with Crippen LogP contribution in [0.3, 0.4) is 0 Å². The Kier molecular flexibility index (Phi) is 5.56. The quantitative estimate of drug-likeness (QED) is 0.207. The number of nitrogens with zero attached hydrogens (tertiary/aromatic N) is 2. The van der Waals surface area contributed by atoms with Gasteiger partial charge in [0.2, 0.25) is 0 Å². The van der Waals surface area contributed by atoms with E-state index in [1.165, 1.54) is 17.0 Å². The summed E-state index contributed by atoms with van der Waals surface area (Å²) in [5, 5.41) is 11.7. The minimum absolute atomic E-state index is 0.00778. The number of hydrogen-bond acceptors (Lipinski definition) is 6. The number of amides is 1. The summed E-state index contributed by atoms with van der Waals surface area (Å²) >= 11 is 1.13. The predicted molar refractivity (Wildman–Crippen MR) is 140 cm³/mol. The number of fused-ring (bicyclic) bond motifs is 2. The van der Waals surface area contributed by atoms with E-state index >= 15 is 0 Å². The summed E-state index contributed by atoms with van der Waals surface area (Å²) in [6.45, 7) is 4.01. The number of rotatable bonds is 4. The molecule has 6 nitrogen and oxygen atoms in total. The van der Waals surface area contributed by atoms with E-state index in [0.29, 0.717) is 27.8 Å². The van der Waals surface area contributed by atoms with Gasteiger partial charge < -0.3 is 9.84 Å². The molecule has 3 aromatic carbocycles. The number of Topliss-reactive ketones (excluding diaryl/α,β-unsaturated/α-hetero) is 1. The lowest BCUT2D eigenvalue weighted by molar-refractivity contribution is -0.132. The van der Waals surface area contributed by atoms with E-state index in [-0.39, 0.29) is 22.6 Å². The monoisotopic (exact) mass is 514 g/mol. The van der Waals surface area contributed by atoms with Crippen LogP contribution in [0.2, 0.25) is 0 Å². The van der Waals surface area contributed by atoms with E-state index in [1.54, 1.807) is 24.3 Å². The molecule has 0 bridgehead atoms. The summed E-state index contributed by atoms with van der Waals surface area (Å²) in [5.74, 6) is -1.49. The number of benzene rings is 3. The fourth-order valence-electron chi connectivity index (χ4n) is 5.00. The van der Waals surface area contributed by atoms with Gasteiger partial charge in [-0.25, -0.2) is 9.37 Å². The van der Waals surface area contributed by atoms with Crippen LogP contribution in [-0.4, -0.2) is 27.9 Å². The number of aromatic nitrogens is 1. The fourth-order valence-corrected chi connectivity index (χ4v) is 6.01. The topological polar surface area (TPSA) is 79.7 Å². The molecule has 1 N–H and O–H groups in total. The van der Waals surface area contributed by atoms with E-state index in [1.807, 2.05) is 38.1 Å². The minimum Gasteiger partial charge on any atom is -0.507 e.